The van der Waals surface area contributed by atoms with Crippen LogP contribution in [0.15, 0.2) is 18.2 Å². The molecule has 0 aliphatic heterocycles. The Balaban J connectivity index is 2.59. The van der Waals surface area contributed by atoms with Crippen molar-refractivity contribution >= 4 is 22.7 Å². The summed E-state index contributed by atoms with van der Waals surface area (Å²) in [7, 11) is 0. The Morgan fingerprint density at radius 2 is 2.36 bits per heavy atom. The van der Waals surface area contributed by atoms with Gasteiger partial charge in [-0.3, -0.25) is 15.3 Å². The Labute approximate surface area is 77.5 Å². The molecule has 0 unspecified atom stereocenters. The number of non-ortho nitro benzene ring substituents is 1. The molecule has 0 aliphatic rings. The lowest BCUT2D eigenvalue weighted by molar-refractivity contribution is -0.384. The third-order valence-electron chi connectivity index (χ3n) is 1.78. The van der Waals surface area contributed by atoms with Crippen LogP contribution < -0.4 is 5.48 Å². The number of hydrogen-bond acceptors (Lipinski definition) is 5. The van der Waals surface area contributed by atoms with Gasteiger partial charge in [0.25, 0.3) is 5.69 Å². The number of anilines is 1. The Hall–Kier alpha value is -2.15. The number of nitro benzene ring substituents is 1. The molecule has 0 fully saturated rings. The average molecular weight is 194 g/mol. The molecule has 72 valence electrons. The molecule has 0 radical (unpaired) electrons. The van der Waals surface area contributed by atoms with Crippen LogP contribution in [0.3, 0.4) is 0 Å². The first-order valence-corrected chi connectivity index (χ1v) is 3.75. The number of H-pyrrole nitrogens is 1. The molecule has 1 heterocycles. The Morgan fingerprint density at radius 3 is 3.00 bits per heavy atom. The van der Waals surface area contributed by atoms with Crippen molar-refractivity contribution in [3.05, 3.63) is 28.3 Å². The van der Waals surface area contributed by atoms with E-state index in [-0.39, 0.29) is 11.6 Å². The van der Waals surface area contributed by atoms with Gasteiger partial charge in [-0.05, 0) is 6.07 Å². The Kier molecular flexibility index (Phi) is 1.79. The van der Waals surface area contributed by atoms with Crippen LogP contribution in [-0.4, -0.2) is 20.1 Å². The molecule has 2 aromatic rings. The van der Waals surface area contributed by atoms with Crippen molar-refractivity contribution in [1.29, 1.82) is 0 Å². The second kappa shape index (κ2) is 2.96. The summed E-state index contributed by atoms with van der Waals surface area (Å²) in [5, 5.41) is 19.0. The highest BCUT2D eigenvalue weighted by atomic mass is 16.6. The molecular weight excluding hydrogens is 188 g/mol. The lowest BCUT2D eigenvalue weighted by atomic mass is 10.3. The number of nitrogens with one attached hydrogen (secondary N) is 2. The van der Waals surface area contributed by atoms with Gasteiger partial charge >= 0.3 is 0 Å². The highest BCUT2D eigenvalue weighted by Gasteiger charge is 2.08. The molecule has 0 saturated carbocycles. The quantitative estimate of drug-likeness (QED) is 0.493. The summed E-state index contributed by atoms with van der Waals surface area (Å²) in [6, 6.07) is 4.21. The number of fused-ring (bicyclic) bond motifs is 1. The summed E-state index contributed by atoms with van der Waals surface area (Å²) >= 11 is 0. The topological polar surface area (TPSA) is 104 Å². The number of nitro groups is 1. The lowest BCUT2D eigenvalue weighted by Gasteiger charge is -1.89. The minimum atomic E-state index is -0.494. The molecular formula is C7H6N4O3. The first kappa shape index (κ1) is 8.45. The van der Waals surface area contributed by atoms with Gasteiger partial charge in [0.05, 0.1) is 16.0 Å². The minimum absolute atomic E-state index is 0.0226. The maximum Gasteiger partial charge on any atom is 0.271 e. The van der Waals surface area contributed by atoms with Crippen LogP contribution in [0.1, 0.15) is 0 Å². The molecule has 14 heavy (non-hydrogen) atoms. The molecule has 0 bridgehead atoms. The predicted molar refractivity (Wildman–Crippen MR) is 48.2 cm³/mol. The van der Waals surface area contributed by atoms with Crippen LogP contribution in [0.2, 0.25) is 0 Å². The van der Waals surface area contributed by atoms with E-state index in [0.717, 1.165) is 0 Å². The summed E-state index contributed by atoms with van der Waals surface area (Å²) < 4.78 is 0. The van der Waals surface area contributed by atoms with E-state index in [0.29, 0.717) is 11.0 Å². The number of benzene rings is 1. The van der Waals surface area contributed by atoms with Gasteiger partial charge in [-0.15, -0.1) is 0 Å². The predicted octanol–water partition coefficient (Wildman–Crippen LogP) is 1.27. The summed E-state index contributed by atoms with van der Waals surface area (Å²) in [6.45, 7) is 0. The third-order valence-corrected chi connectivity index (χ3v) is 1.78. The van der Waals surface area contributed by atoms with Gasteiger partial charge in [0.15, 0.2) is 0 Å². The maximum atomic E-state index is 10.4. The molecule has 0 atom stereocenters. The summed E-state index contributed by atoms with van der Waals surface area (Å²) in [4.78, 5) is 16.5. The monoisotopic (exact) mass is 194 g/mol. The largest absolute Gasteiger partial charge is 0.322 e. The van der Waals surface area contributed by atoms with Crippen LogP contribution in [0.25, 0.3) is 11.0 Å². The van der Waals surface area contributed by atoms with Crippen LogP contribution in [0.5, 0.6) is 0 Å². The summed E-state index contributed by atoms with van der Waals surface area (Å²) in [5.41, 5.74) is 2.85. The van der Waals surface area contributed by atoms with Crippen LogP contribution in [-0.2, 0) is 0 Å². The van der Waals surface area contributed by atoms with Gasteiger partial charge in [-0.25, -0.2) is 10.5 Å². The average Bonchev–Trinajstić information content (AvgIpc) is 2.58. The number of rotatable bonds is 2. The van der Waals surface area contributed by atoms with E-state index in [1.165, 1.54) is 18.2 Å². The fourth-order valence-corrected chi connectivity index (χ4v) is 1.16. The van der Waals surface area contributed by atoms with E-state index in [2.05, 4.69) is 9.97 Å². The van der Waals surface area contributed by atoms with E-state index in [4.69, 9.17) is 5.21 Å². The molecule has 7 heteroatoms. The Bertz CT molecular complexity index is 493. The second-order valence-corrected chi connectivity index (χ2v) is 2.66. The molecule has 1 aromatic heterocycles. The fraction of sp³-hybridized carbons (Fsp3) is 0. The summed E-state index contributed by atoms with van der Waals surface area (Å²) in [5.74, 6) is 0.153. The molecule has 0 aliphatic carbocycles. The van der Waals surface area contributed by atoms with Crippen molar-refractivity contribution in [2.24, 2.45) is 0 Å². The van der Waals surface area contributed by atoms with Crippen LogP contribution in [0.4, 0.5) is 11.6 Å². The van der Waals surface area contributed by atoms with Crippen molar-refractivity contribution in [3.63, 3.8) is 0 Å². The van der Waals surface area contributed by atoms with Crippen molar-refractivity contribution < 1.29 is 10.1 Å². The van der Waals surface area contributed by atoms with Crippen molar-refractivity contribution in [3.8, 4) is 0 Å². The number of imidazole rings is 1. The highest BCUT2D eigenvalue weighted by molar-refractivity contribution is 5.79. The molecule has 1 aromatic carbocycles. The zero-order valence-electron chi connectivity index (χ0n) is 6.89. The van der Waals surface area contributed by atoms with Crippen LogP contribution >= 0.6 is 0 Å². The van der Waals surface area contributed by atoms with E-state index in [1.54, 1.807) is 0 Å². The smallest absolute Gasteiger partial charge is 0.271 e. The number of aromatic amines is 1. The first-order valence-electron chi connectivity index (χ1n) is 3.75. The van der Waals surface area contributed by atoms with Gasteiger partial charge in [-0.2, -0.15) is 0 Å². The minimum Gasteiger partial charge on any atom is -0.322 e. The number of nitrogens with zero attached hydrogens (tertiary/aromatic N) is 2. The first-order chi connectivity index (χ1) is 6.70. The van der Waals surface area contributed by atoms with Gasteiger partial charge < -0.3 is 4.98 Å². The molecule has 3 N–H and O–H groups in total. The maximum absolute atomic E-state index is 10.4. The summed E-state index contributed by atoms with van der Waals surface area (Å²) in [6.07, 6.45) is 0. The molecule has 0 amide bonds. The van der Waals surface area contributed by atoms with Crippen molar-refractivity contribution in [1.82, 2.24) is 9.97 Å². The SMILES string of the molecule is O=[N+]([O-])c1ccc2nc(NO)[nH]c2c1. The zero-order valence-corrected chi connectivity index (χ0v) is 6.89. The van der Waals surface area contributed by atoms with Crippen molar-refractivity contribution in [2.45, 2.75) is 0 Å². The molecule has 0 spiro atoms. The van der Waals surface area contributed by atoms with Gasteiger partial charge in [-0.1, -0.05) is 0 Å². The van der Waals surface area contributed by atoms with Gasteiger partial charge in [0.1, 0.15) is 0 Å². The highest BCUT2D eigenvalue weighted by Crippen LogP contribution is 2.19. The normalized spacial score (nSPS) is 10.4. The van der Waals surface area contributed by atoms with Gasteiger partial charge in [0.2, 0.25) is 5.95 Å². The number of hydrogen-bond donors (Lipinski definition) is 3. The van der Waals surface area contributed by atoms with E-state index in [1.807, 2.05) is 5.48 Å². The van der Waals surface area contributed by atoms with E-state index < -0.39 is 4.92 Å². The zero-order chi connectivity index (χ0) is 10.1. The van der Waals surface area contributed by atoms with E-state index in [9.17, 15) is 10.1 Å². The fourth-order valence-electron chi connectivity index (χ4n) is 1.16. The number of aromatic nitrogens is 2. The lowest BCUT2D eigenvalue weighted by Crippen LogP contribution is -1.89. The third kappa shape index (κ3) is 1.25. The standard InChI is InChI=1S/C7H6N4O3/c12-10-7-8-5-2-1-4(11(13)14)3-6(5)9-7/h1-3,12H,(H2,8,9,10). The molecule has 7 nitrogen and oxygen atoms in total. The van der Waals surface area contributed by atoms with E-state index >= 15 is 0 Å². The Morgan fingerprint density at radius 1 is 1.57 bits per heavy atom. The molecule has 0 saturated heterocycles. The molecule has 2 rings (SSSR count). The van der Waals surface area contributed by atoms with Crippen LogP contribution in [0, 0.1) is 10.1 Å². The van der Waals surface area contributed by atoms with Crippen molar-refractivity contribution in [2.75, 3.05) is 5.48 Å². The second-order valence-electron chi connectivity index (χ2n) is 2.66. The van der Waals surface area contributed by atoms with Gasteiger partial charge in [0, 0.05) is 12.1 Å².